The van der Waals surface area contributed by atoms with E-state index in [1.165, 1.54) is 6.42 Å². The molecule has 1 aromatic heterocycles. The molecular formula is C26H30N6O. The summed E-state index contributed by atoms with van der Waals surface area (Å²) in [6.07, 6.45) is 3.28. The maximum atomic E-state index is 13.3. The van der Waals surface area contributed by atoms with Crippen LogP contribution in [0.25, 0.3) is 10.8 Å². The number of piperidine rings is 1. The number of amides is 1. The number of nitrogens with zero attached hydrogens (tertiary/aromatic N) is 4. The molecule has 0 bridgehead atoms. The van der Waals surface area contributed by atoms with Crippen molar-refractivity contribution in [3.63, 3.8) is 0 Å². The fourth-order valence-corrected chi connectivity index (χ4v) is 4.61. The van der Waals surface area contributed by atoms with Crippen LogP contribution in [0.1, 0.15) is 65.0 Å². The third kappa shape index (κ3) is 4.34. The molecule has 0 aliphatic carbocycles. The van der Waals surface area contributed by atoms with Crippen LogP contribution in [0, 0.1) is 25.2 Å². The number of carbonyl (C=O) groups excluding carboxylic acids is 1. The van der Waals surface area contributed by atoms with Crippen molar-refractivity contribution in [1.29, 1.82) is 5.26 Å². The summed E-state index contributed by atoms with van der Waals surface area (Å²) in [5, 5.41) is 26.7. The molecule has 2 aromatic carbocycles. The van der Waals surface area contributed by atoms with E-state index in [1.807, 2.05) is 63.1 Å². The van der Waals surface area contributed by atoms with Gasteiger partial charge in [-0.1, -0.05) is 12.1 Å². The summed E-state index contributed by atoms with van der Waals surface area (Å²) < 4.78 is 0. The number of rotatable bonds is 5. The number of aryl methyl sites for hydroxylation is 1. The predicted molar refractivity (Wildman–Crippen MR) is 132 cm³/mol. The molecule has 7 heteroatoms. The second-order valence-electron chi connectivity index (χ2n) is 8.68. The Hall–Kier alpha value is -3.66. The van der Waals surface area contributed by atoms with Crippen molar-refractivity contribution in [2.45, 2.75) is 46.1 Å². The summed E-state index contributed by atoms with van der Waals surface area (Å²) in [4.78, 5) is 15.2. The van der Waals surface area contributed by atoms with Crippen molar-refractivity contribution in [2.24, 2.45) is 0 Å². The van der Waals surface area contributed by atoms with Crippen LogP contribution in [-0.2, 0) is 0 Å². The van der Waals surface area contributed by atoms with Gasteiger partial charge >= 0.3 is 0 Å². The Balaban J connectivity index is 1.74. The number of aromatic nitrogens is 2. The summed E-state index contributed by atoms with van der Waals surface area (Å²) in [6.45, 7) is 7.53. The van der Waals surface area contributed by atoms with Gasteiger partial charge in [-0.25, -0.2) is 0 Å². The van der Waals surface area contributed by atoms with E-state index in [0.717, 1.165) is 59.2 Å². The molecule has 4 rings (SSSR count). The first kappa shape index (κ1) is 22.5. The highest BCUT2D eigenvalue weighted by Gasteiger charge is 2.23. The smallest absolute Gasteiger partial charge is 0.255 e. The van der Waals surface area contributed by atoms with Crippen molar-refractivity contribution in [1.82, 2.24) is 15.1 Å². The standard InChI is InChI=1S/C26H30N6O/c1-16-19(15-27)9-8-10-20(16)17(2)29-25-22-14-24(28-4)23(13-21(22)18(3)30-31-25)26(33)32-11-6-5-7-12-32/h8-10,13-14,17,28H,5-7,11-12H2,1-4H3,(H,29,31). The van der Waals surface area contributed by atoms with Crippen LogP contribution in [0.15, 0.2) is 30.3 Å². The quantitative estimate of drug-likeness (QED) is 0.580. The molecular weight excluding hydrogens is 412 g/mol. The minimum Gasteiger partial charge on any atom is -0.387 e. The predicted octanol–water partition coefficient (Wildman–Crippen LogP) is 4.96. The molecule has 33 heavy (non-hydrogen) atoms. The van der Waals surface area contributed by atoms with Crippen molar-refractivity contribution in [2.75, 3.05) is 30.8 Å². The lowest BCUT2D eigenvalue weighted by Gasteiger charge is -2.28. The minimum absolute atomic E-state index is 0.0592. The second kappa shape index (κ2) is 9.45. The summed E-state index contributed by atoms with van der Waals surface area (Å²) in [5.41, 5.74) is 4.88. The van der Waals surface area contributed by atoms with Gasteiger partial charge in [0.15, 0.2) is 5.82 Å². The number of likely N-dealkylation sites (tertiary alicyclic amines) is 1. The molecule has 1 fully saturated rings. The van der Waals surface area contributed by atoms with E-state index >= 15 is 0 Å². The fraction of sp³-hybridized carbons (Fsp3) is 0.385. The maximum Gasteiger partial charge on any atom is 0.255 e. The summed E-state index contributed by atoms with van der Waals surface area (Å²) in [7, 11) is 1.84. The summed E-state index contributed by atoms with van der Waals surface area (Å²) in [6, 6.07) is 11.8. The van der Waals surface area contributed by atoms with Gasteiger partial charge in [-0.2, -0.15) is 10.4 Å². The van der Waals surface area contributed by atoms with Crippen LogP contribution in [0.2, 0.25) is 0 Å². The van der Waals surface area contributed by atoms with E-state index < -0.39 is 0 Å². The lowest BCUT2D eigenvalue weighted by atomic mass is 9.98. The van der Waals surface area contributed by atoms with Gasteiger partial charge in [0.05, 0.1) is 28.9 Å². The van der Waals surface area contributed by atoms with Gasteiger partial charge < -0.3 is 15.5 Å². The second-order valence-corrected chi connectivity index (χ2v) is 8.68. The minimum atomic E-state index is -0.0776. The van der Waals surface area contributed by atoms with Gasteiger partial charge in [0.1, 0.15) is 0 Å². The molecule has 2 heterocycles. The Morgan fingerprint density at radius 2 is 1.88 bits per heavy atom. The molecule has 0 radical (unpaired) electrons. The zero-order valence-corrected chi connectivity index (χ0v) is 19.7. The third-order valence-electron chi connectivity index (χ3n) is 6.56. The zero-order valence-electron chi connectivity index (χ0n) is 19.7. The lowest BCUT2D eigenvalue weighted by molar-refractivity contribution is 0.0725. The first-order chi connectivity index (χ1) is 15.9. The van der Waals surface area contributed by atoms with Crippen molar-refractivity contribution in [3.8, 4) is 6.07 Å². The molecule has 1 saturated heterocycles. The maximum absolute atomic E-state index is 13.3. The normalized spacial score (nSPS) is 14.6. The highest BCUT2D eigenvalue weighted by atomic mass is 16.2. The van der Waals surface area contributed by atoms with Crippen molar-refractivity contribution < 1.29 is 4.79 Å². The monoisotopic (exact) mass is 442 g/mol. The van der Waals surface area contributed by atoms with Gasteiger partial charge in [0, 0.05) is 36.6 Å². The number of carbonyl (C=O) groups is 1. The zero-order chi connectivity index (χ0) is 23.5. The number of nitriles is 1. The summed E-state index contributed by atoms with van der Waals surface area (Å²) in [5.74, 6) is 0.710. The molecule has 1 aliphatic rings. The average molecular weight is 443 g/mol. The number of nitrogens with one attached hydrogen (secondary N) is 2. The topological polar surface area (TPSA) is 93.9 Å². The first-order valence-corrected chi connectivity index (χ1v) is 11.5. The van der Waals surface area contributed by atoms with Crippen LogP contribution >= 0.6 is 0 Å². The average Bonchev–Trinajstić information content (AvgIpc) is 2.85. The molecule has 170 valence electrons. The van der Waals surface area contributed by atoms with E-state index in [1.54, 1.807) is 0 Å². The molecule has 1 atom stereocenters. The Labute approximate surface area is 194 Å². The van der Waals surface area contributed by atoms with E-state index in [9.17, 15) is 10.1 Å². The van der Waals surface area contributed by atoms with E-state index in [2.05, 4.69) is 26.9 Å². The number of hydrogen-bond donors (Lipinski definition) is 2. The first-order valence-electron chi connectivity index (χ1n) is 11.5. The molecule has 3 aromatic rings. The van der Waals surface area contributed by atoms with E-state index in [4.69, 9.17) is 0 Å². The highest BCUT2D eigenvalue weighted by Crippen LogP contribution is 2.33. The van der Waals surface area contributed by atoms with Crippen molar-refractivity contribution in [3.05, 3.63) is 58.3 Å². The van der Waals surface area contributed by atoms with Crippen molar-refractivity contribution >= 4 is 28.2 Å². The Bertz CT molecular complexity index is 1240. The Morgan fingerprint density at radius 1 is 1.12 bits per heavy atom. The lowest BCUT2D eigenvalue weighted by Crippen LogP contribution is -2.35. The molecule has 2 N–H and O–H groups in total. The van der Waals surface area contributed by atoms with Crippen LogP contribution in [0.4, 0.5) is 11.5 Å². The molecule has 0 spiro atoms. The van der Waals surface area contributed by atoms with Gasteiger partial charge in [-0.05, 0) is 69.4 Å². The van der Waals surface area contributed by atoms with Gasteiger partial charge in [-0.3, -0.25) is 4.79 Å². The number of hydrogen-bond acceptors (Lipinski definition) is 6. The number of benzene rings is 2. The van der Waals surface area contributed by atoms with E-state index in [0.29, 0.717) is 16.9 Å². The largest absolute Gasteiger partial charge is 0.387 e. The van der Waals surface area contributed by atoms with Gasteiger partial charge in [0.25, 0.3) is 5.91 Å². The van der Waals surface area contributed by atoms with Gasteiger partial charge in [0.2, 0.25) is 0 Å². The summed E-state index contributed by atoms with van der Waals surface area (Å²) >= 11 is 0. The molecule has 1 unspecified atom stereocenters. The Morgan fingerprint density at radius 3 is 2.58 bits per heavy atom. The fourth-order valence-electron chi connectivity index (χ4n) is 4.61. The molecule has 7 nitrogen and oxygen atoms in total. The SMILES string of the molecule is CNc1cc2c(NC(C)c3cccc(C#N)c3C)nnc(C)c2cc1C(=O)N1CCCCC1. The number of anilines is 2. The van der Waals surface area contributed by atoms with Crippen LogP contribution < -0.4 is 10.6 Å². The molecule has 1 aliphatic heterocycles. The molecule has 1 amide bonds. The number of fused-ring (bicyclic) bond motifs is 1. The highest BCUT2D eigenvalue weighted by molar-refractivity contribution is 6.06. The van der Waals surface area contributed by atoms with E-state index in [-0.39, 0.29) is 11.9 Å². The van der Waals surface area contributed by atoms with Crippen LogP contribution in [0.5, 0.6) is 0 Å². The van der Waals surface area contributed by atoms with Crippen LogP contribution in [0.3, 0.4) is 0 Å². The third-order valence-corrected chi connectivity index (χ3v) is 6.56. The van der Waals surface area contributed by atoms with Gasteiger partial charge in [-0.15, -0.1) is 5.10 Å². The van der Waals surface area contributed by atoms with Crippen LogP contribution in [-0.4, -0.2) is 41.1 Å². The Kier molecular flexibility index (Phi) is 6.45. The molecule has 0 saturated carbocycles.